The molecular weight excluding hydrogens is 462 g/mol. The van der Waals surface area contributed by atoms with Gasteiger partial charge in [-0.3, -0.25) is 4.90 Å². The lowest BCUT2D eigenvalue weighted by molar-refractivity contribution is 0.0274. The molecule has 1 N–H and O–H groups in total. The lowest BCUT2D eigenvalue weighted by Crippen LogP contribution is -2.48. The number of halogens is 2. The molecule has 0 unspecified atom stereocenters. The highest BCUT2D eigenvalue weighted by molar-refractivity contribution is 5.92. The molecule has 1 aliphatic rings. The van der Waals surface area contributed by atoms with Crippen LogP contribution in [0.1, 0.15) is 68.6 Å². The van der Waals surface area contributed by atoms with Crippen molar-refractivity contribution in [1.82, 2.24) is 14.9 Å². The zero-order chi connectivity index (χ0) is 26.2. The minimum atomic E-state index is -2.52. The summed E-state index contributed by atoms with van der Waals surface area (Å²) in [4.78, 5) is 11.6. The minimum Gasteiger partial charge on any atom is -0.493 e. The Hall–Kier alpha value is -3.00. The van der Waals surface area contributed by atoms with Crippen LogP contribution in [-0.2, 0) is 0 Å². The summed E-state index contributed by atoms with van der Waals surface area (Å²) >= 11 is 0. The van der Waals surface area contributed by atoms with Crippen molar-refractivity contribution in [2.45, 2.75) is 71.6 Å². The zero-order valence-corrected chi connectivity index (χ0v) is 22.2. The number of rotatable bonds is 8. The second-order valence-electron chi connectivity index (χ2n) is 10.2. The predicted molar refractivity (Wildman–Crippen MR) is 139 cm³/mol. The highest BCUT2D eigenvalue weighted by atomic mass is 19.3. The van der Waals surface area contributed by atoms with Crippen molar-refractivity contribution < 1.29 is 18.3 Å². The van der Waals surface area contributed by atoms with Gasteiger partial charge in [0.1, 0.15) is 17.2 Å². The standard InChI is InChI=1S/C28H36F2N4O2/c1-16-19(10-8-11-20(16)26(29)30)17(2)31-27-21-14-24(23(35-7)15-22(21)32-18(3)33-27)36-28(4,5)25-12-9-13-34(25)6/h8,10-11,14-15,17,25-26H,9,12-13H2,1-7H3,(H,31,32,33)/t17-,25+/m1/s1. The van der Waals surface area contributed by atoms with Crippen molar-refractivity contribution >= 4 is 16.7 Å². The molecule has 8 heteroatoms. The summed E-state index contributed by atoms with van der Waals surface area (Å²) in [5.41, 5.74) is 1.70. The van der Waals surface area contributed by atoms with Crippen LogP contribution in [0, 0.1) is 13.8 Å². The molecule has 2 atom stereocenters. The van der Waals surface area contributed by atoms with Crippen LogP contribution in [0.2, 0.25) is 0 Å². The molecule has 1 aliphatic heterocycles. The van der Waals surface area contributed by atoms with Crippen LogP contribution in [0.5, 0.6) is 11.5 Å². The fourth-order valence-electron chi connectivity index (χ4n) is 5.40. The zero-order valence-electron chi connectivity index (χ0n) is 22.2. The Bertz CT molecular complexity index is 1250. The summed E-state index contributed by atoms with van der Waals surface area (Å²) in [6, 6.07) is 8.83. The van der Waals surface area contributed by atoms with Gasteiger partial charge in [-0.2, -0.15) is 0 Å². The van der Waals surface area contributed by atoms with Gasteiger partial charge in [0.25, 0.3) is 6.43 Å². The van der Waals surface area contributed by atoms with Crippen molar-refractivity contribution in [2.24, 2.45) is 0 Å². The summed E-state index contributed by atoms with van der Waals surface area (Å²) < 4.78 is 39.2. The summed E-state index contributed by atoms with van der Waals surface area (Å²) in [7, 11) is 3.75. The van der Waals surface area contributed by atoms with E-state index in [9.17, 15) is 8.78 Å². The number of alkyl halides is 2. The van der Waals surface area contributed by atoms with Gasteiger partial charge in [-0.15, -0.1) is 0 Å². The molecule has 0 spiro atoms. The van der Waals surface area contributed by atoms with Crippen molar-refractivity contribution in [3.63, 3.8) is 0 Å². The molecule has 4 rings (SSSR count). The maximum atomic E-state index is 13.5. The number of nitrogens with zero attached hydrogens (tertiary/aromatic N) is 3. The number of methoxy groups -OCH3 is 1. The van der Waals surface area contributed by atoms with Gasteiger partial charge >= 0.3 is 0 Å². The second kappa shape index (κ2) is 10.2. The highest BCUT2D eigenvalue weighted by Gasteiger charge is 2.38. The van der Waals surface area contributed by atoms with Gasteiger partial charge in [-0.05, 0) is 78.2 Å². The Balaban J connectivity index is 1.73. The molecule has 1 aromatic heterocycles. The number of aryl methyl sites for hydroxylation is 1. The monoisotopic (exact) mass is 498 g/mol. The molecule has 1 fully saturated rings. The number of ether oxygens (including phenoxy) is 2. The van der Waals surface area contributed by atoms with Crippen molar-refractivity contribution in [3.05, 3.63) is 52.8 Å². The third-order valence-corrected chi connectivity index (χ3v) is 7.26. The van der Waals surface area contributed by atoms with Crippen LogP contribution in [0.25, 0.3) is 10.9 Å². The van der Waals surface area contributed by atoms with E-state index in [1.807, 2.05) is 32.0 Å². The molecule has 0 radical (unpaired) electrons. The normalized spacial score (nSPS) is 17.6. The number of fused-ring (bicyclic) bond motifs is 1. The summed E-state index contributed by atoms with van der Waals surface area (Å²) in [6.07, 6.45) is -0.300. The van der Waals surface area contributed by atoms with Gasteiger partial charge in [0.2, 0.25) is 0 Å². The topological polar surface area (TPSA) is 59.5 Å². The van der Waals surface area contributed by atoms with Crippen LogP contribution in [0.15, 0.2) is 30.3 Å². The fraction of sp³-hybridized carbons (Fsp3) is 0.500. The SMILES string of the molecule is COc1cc2nc(C)nc(N[C@H](C)c3cccc(C(F)F)c3C)c2cc1OC(C)(C)[C@@H]1CCCN1C. The van der Waals surface area contributed by atoms with Crippen molar-refractivity contribution in [3.8, 4) is 11.5 Å². The lowest BCUT2D eigenvalue weighted by atomic mass is 9.96. The quantitative estimate of drug-likeness (QED) is 0.377. The Kier molecular flexibility index (Phi) is 7.36. The van der Waals surface area contributed by atoms with E-state index in [0.29, 0.717) is 28.7 Å². The molecule has 1 saturated heterocycles. The van der Waals surface area contributed by atoms with E-state index in [2.05, 4.69) is 41.1 Å². The number of benzene rings is 2. The molecule has 6 nitrogen and oxygen atoms in total. The molecule has 36 heavy (non-hydrogen) atoms. The summed E-state index contributed by atoms with van der Waals surface area (Å²) in [5.74, 6) is 2.44. The number of likely N-dealkylation sites (tertiary alicyclic amines) is 1. The number of anilines is 1. The summed E-state index contributed by atoms with van der Waals surface area (Å²) in [5, 5.41) is 4.22. The van der Waals surface area contributed by atoms with E-state index >= 15 is 0 Å². The molecule has 2 heterocycles. The number of hydrogen-bond donors (Lipinski definition) is 1. The third-order valence-electron chi connectivity index (χ3n) is 7.26. The maximum Gasteiger partial charge on any atom is 0.264 e. The molecular formula is C28H36F2N4O2. The van der Waals surface area contributed by atoms with E-state index in [1.54, 1.807) is 20.1 Å². The third kappa shape index (κ3) is 5.09. The number of hydrogen-bond acceptors (Lipinski definition) is 6. The van der Waals surface area contributed by atoms with E-state index in [4.69, 9.17) is 9.47 Å². The second-order valence-corrected chi connectivity index (χ2v) is 10.2. The van der Waals surface area contributed by atoms with Crippen LogP contribution in [0.3, 0.4) is 0 Å². The van der Waals surface area contributed by atoms with Gasteiger partial charge in [-0.1, -0.05) is 18.2 Å². The first-order valence-corrected chi connectivity index (χ1v) is 12.4. The molecule has 0 aliphatic carbocycles. The first kappa shape index (κ1) is 26.1. The fourth-order valence-corrected chi connectivity index (χ4v) is 5.40. The minimum absolute atomic E-state index is 0.0458. The van der Waals surface area contributed by atoms with Gasteiger partial charge in [0.05, 0.1) is 18.7 Å². The molecule has 0 bridgehead atoms. The maximum absolute atomic E-state index is 13.5. The smallest absolute Gasteiger partial charge is 0.264 e. The highest BCUT2D eigenvalue weighted by Crippen LogP contribution is 2.39. The largest absolute Gasteiger partial charge is 0.493 e. The van der Waals surface area contributed by atoms with Gasteiger partial charge in [-0.25, -0.2) is 18.7 Å². The molecule has 0 amide bonds. The van der Waals surface area contributed by atoms with Gasteiger partial charge in [0, 0.05) is 23.1 Å². The predicted octanol–water partition coefficient (Wildman–Crippen LogP) is 6.62. The van der Waals surface area contributed by atoms with Crippen molar-refractivity contribution in [1.29, 1.82) is 0 Å². The molecule has 0 saturated carbocycles. The van der Waals surface area contributed by atoms with Gasteiger partial charge < -0.3 is 14.8 Å². The average Bonchev–Trinajstić information content (AvgIpc) is 3.25. The molecule has 3 aromatic rings. The van der Waals surface area contributed by atoms with E-state index in [0.717, 1.165) is 35.9 Å². The van der Waals surface area contributed by atoms with E-state index in [1.165, 1.54) is 6.07 Å². The van der Waals surface area contributed by atoms with E-state index < -0.39 is 12.0 Å². The Morgan fingerprint density at radius 2 is 1.83 bits per heavy atom. The average molecular weight is 499 g/mol. The number of aromatic nitrogens is 2. The Morgan fingerprint density at radius 3 is 2.47 bits per heavy atom. The van der Waals surface area contributed by atoms with Crippen LogP contribution < -0.4 is 14.8 Å². The first-order chi connectivity index (χ1) is 17.0. The number of nitrogens with one attached hydrogen (secondary N) is 1. The van der Waals surface area contributed by atoms with Crippen LogP contribution >= 0.6 is 0 Å². The van der Waals surface area contributed by atoms with Crippen LogP contribution in [0.4, 0.5) is 14.6 Å². The number of likely N-dealkylation sites (N-methyl/N-ethyl adjacent to an activating group) is 1. The lowest BCUT2D eigenvalue weighted by Gasteiger charge is -2.36. The first-order valence-electron chi connectivity index (χ1n) is 12.4. The van der Waals surface area contributed by atoms with Gasteiger partial charge in [0.15, 0.2) is 11.5 Å². The van der Waals surface area contributed by atoms with Crippen molar-refractivity contribution in [2.75, 3.05) is 26.0 Å². The molecule has 2 aromatic carbocycles. The van der Waals surface area contributed by atoms with E-state index in [-0.39, 0.29) is 17.6 Å². The Labute approximate surface area is 212 Å². The summed E-state index contributed by atoms with van der Waals surface area (Å²) in [6.45, 7) is 10.8. The Morgan fingerprint density at radius 1 is 1.11 bits per heavy atom. The van der Waals surface area contributed by atoms with Crippen LogP contribution in [-0.4, -0.2) is 47.2 Å². The molecule has 194 valence electrons.